The summed E-state index contributed by atoms with van der Waals surface area (Å²) in [7, 11) is 0. The molecule has 4 aromatic rings. The summed E-state index contributed by atoms with van der Waals surface area (Å²) < 4.78 is 3.56. The fourth-order valence-corrected chi connectivity index (χ4v) is 4.72. The molecule has 1 saturated heterocycles. The monoisotopic (exact) mass is 472 g/mol. The third-order valence-corrected chi connectivity index (χ3v) is 6.58. The molecular weight excluding hydrogens is 444 g/mol. The Morgan fingerprint density at radius 2 is 1.86 bits per heavy atom. The minimum Gasteiger partial charge on any atom is -0.493 e. The smallest absolute Gasteiger partial charge is 0.300 e. The van der Waals surface area contributed by atoms with Gasteiger partial charge in [0, 0.05) is 23.8 Å². The highest BCUT2D eigenvalue weighted by Crippen LogP contribution is 2.39. The molecule has 4 heterocycles. The van der Waals surface area contributed by atoms with Crippen molar-refractivity contribution < 1.29 is 9.90 Å². The van der Waals surface area contributed by atoms with Crippen LogP contribution in [0, 0.1) is 6.92 Å². The molecule has 3 aromatic heterocycles. The Balaban J connectivity index is 1.53. The van der Waals surface area contributed by atoms with E-state index in [0.717, 1.165) is 37.1 Å². The molecule has 1 N–H and O–H groups in total. The number of piperidine rings is 1. The first-order chi connectivity index (χ1) is 17.0. The number of azo groups is 1. The number of fused-ring (bicyclic) bond motifs is 2. The number of aromatic nitrogens is 3. The Morgan fingerprint density at radius 3 is 2.63 bits per heavy atom. The fourth-order valence-electron chi connectivity index (χ4n) is 4.72. The molecule has 9 nitrogen and oxygen atoms in total. The Hall–Kier alpha value is -3.85. The highest BCUT2D eigenvalue weighted by atomic mass is 16.3. The number of amides is 1. The first kappa shape index (κ1) is 22.9. The van der Waals surface area contributed by atoms with Crippen molar-refractivity contribution in [1.82, 2.24) is 19.0 Å². The van der Waals surface area contributed by atoms with Crippen molar-refractivity contribution in [2.75, 3.05) is 13.1 Å². The van der Waals surface area contributed by atoms with Gasteiger partial charge < -0.3 is 9.67 Å². The average Bonchev–Trinajstić information content (AvgIpc) is 3.14. The zero-order chi connectivity index (χ0) is 24.5. The molecule has 1 aliphatic heterocycles. The van der Waals surface area contributed by atoms with Gasteiger partial charge in [0.05, 0.1) is 17.6 Å². The molecule has 0 aliphatic carbocycles. The number of hydrogen-bond acceptors (Lipinski definition) is 6. The molecule has 1 aromatic carbocycles. The van der Waals surface area contributed by atoms with Gasteiger partial charge in [-0.2, -0.15) is 0 Å². The number of nitrogens with zero attached hydrogens (tertiary/aromatic N) is 6. The van der Waals surface area contributed by atoms with Crippen LogP contribution in [-0.2, 0) is 13.2 Å². The van der Waals surface area contributed by atoms with Crippen molar-refractivity contribution in [3.05, 3.63) is 64.1 Å². The second kappa shape index (κ2) is 9.42. The lowest BCUT2D eigenvalue weighted by Gasteiger charge is -2.27. The van der Waals surface area contributed by atoms with E-state index in [2.05, 4.69) is 20.1 Å². The van der Waals surface area contributed by atoms with Crippen LogP contribution in [0.15, 0.2) is 57.6 Å². The predicted octanol–water partition coefficient (Wildman–Crippen LogP) is 4.75. The lowest BCUT2D eigenvalue weighted by molar-refractivity contribution is 0.0993. The first-order valence-electron chi connectivity index (χ1n) is 12.0. The molecule has 0 saturated carbocycles. The highest BCUT2D eigenvalue weighted by Gasteiger charge is 2.21. The first-order valence-corrected chi connectivity index (χ1v) is 12.0. The Bertz CT molecular complexity index is 1510. The van der Waals surface area contributed by atoms with Gasteiger partial charge in [-0.3, -0.25) is 19.1 Å². The van der Waals surface area contributed by atoms with Gasteiger partial charge in [-0.25, -0.2) is 4.98 Å². The molecule has 0 bridgehead atoms. The van der Waals surface area contributed by atoms with Crippen LogP contribution < -0.4 is 5.43 Å². The van der Waals surface area contributed by atoms with E-state index in [0.29, 0.717) is 29.6 Å². The minimum atomic E-state index is -0.757. The quantitative estimate of drug-likeness (QED) is 0.422. The number of pyridine rings is 2. The number of aryl methyl sites for hydroxylation is 2. The van der Waals surface area contributed by atoms with Crippen molar-refractivity contribution in [2.24, 2.45) is 10.2 Å². The van der Waals surface area contributed by atoms with E-state index in [-0.39, 0.29) is 17.1 Å². The van der Waals surface area contributed by atoms with Gasteiger partial charge in [0.25, 0.3) is 0 Å². The second-order valence-corrected chi connectivity index (χ2v) is 8.92. The Kier molecular flexibility index (Phi) is 6.17. The SMILES string of the molecule is CCn1cc(C(=O)N=Nc2c(O)n(CN3CCCCC3)c3ccccc23)c(=O)c2ccc(C)nc21. The number of carbonyl (C=O) groups is 1. The molecule has 0 radical (unpaired) electrons. The van der Waals surface area contributed by atoms with E-state index >= 15 is 0 Å². The zero-order valence-electron chi connectivity index (χ0n) is 19.9. The van der Waals surface area contributed by atoms with E-state index in [1.807, 2.05) is 38.1 Å². The molecule has 0 spiro atoms. The van der Waals surface area contributed by atoms with Crippen LogP contribution in [-0.4, -0.2) is 43.1 Å². The maximum absolute atomic E-state index is 13.0. The minimum absolute atomic E-state index is 0.0440. The van der Waals surface area contributed by atoms with Crippen LogP contribution >= 0.6 is 0 Å². The Labute approximate surface area is 202 Å². The number of carbonyl (C=O) groups excluding carboxylic acids is 1. The van der Waals surface area contributed by atoms with Crippen molar-refractivity contribution in [3.63, 3.8) is 0 Å². The number of benzene rings is 1. The number of likely N-dealkylation sites (tertiary alicyclic amines) is 1. The summed E-state index contributed by atoms with van der Waals surface area (Å²) in [4.78, 5) is 32.8. The number of hydrogen-bond donors (Lipinski definition) is 1. The summed E-state index contributed by atoms with van der Waals surface area (Å²) in [5.41, 5.74) is 1.85. The molecule has 0 atom stereocenters. The van der Waals surface area contributed by atoms with Crippen molar-refractivity contribution in [1.29, 1.82) is 0 Å². The third kappa shape index (κ3) is 4.23. The van der Waals surface area contributed by atoms with Crippen molar-refractivity contribution >= 4 is 33.5 Å². The van der Waals surface area contributed by atoms with Gasteiger partial charge in [0.15, 0.2) is 5.69 Å². The third-order valence-electron chi connectivity index (χ3n) is 6.58. The van der Waals surface area contributed by atoms with E-state index in [4.69, 9.17) is 0 Å². The van der Waals surface area contributed by atoms with E-state index in [1.54, 1.807) is 21.3 Å². The molecular formula is C26H28N6O3. The molecule has 0 unspecified atom stereocenters. The van der Waals surface area contributed by atoms with Crippen LogP contribution in [0.4, 0.5) is 5.69 Å². The topological polar surface area (TPSA) is 105 Å². The molecule has 1 fully saturated rings. The average molecular weight is 473 g/mol. The maximum atomic E-state index is 13.0. The maximum Gasteiger partial charge on any atom is 0.300 e. The summed E-state index contributed by atoms with van der Waals surface area (Å²) in [5.74, 6) is -0.801. The molecule has 1 amide bonds. The fraction of sp³-hybridized carbons (Fsp3) is 0.346. The standard InChI is InChI=1S/C26H28N6O3/c1-3-31-15-20(23(33)19-12-11-17(2)27-24(19)31)25(34)29-28-22-18-9-5-6-10-21(18)32(26(22)35)16-30-13-7-4-8-14-30/h5-6,9-12,15,35H,3-4,7-8,13-14,16H2,1-2H3. The van der Waals surface area contributed by atoms with Gasteiger partial charge in [-0.05, 0) is 58.0 Å². The van der Waals surface area contributed by atoms with Crippen LogP contribution in [0.25, 0.3) is 21.9 Å². The van der Waals surface area contributed by atoms with E-state index in [1.165, 1.54) is 12.6 Å². The van der Waals surface area contributed by atoms with Crippen LogP contribution in [0.5, 0.6) is 5.88 Å². The highest BCUT2D eigenvalue weighted by molar-refractivity contribution is 5.98. The van der Waals surface area contributed by atoms with Gasteiger partial charge in [-0.15, -0.1) is 10.2 Å². The van der Waals surface area contributed by atoms with E-state index < -0.39 is 11.3 Å². The van der Waals surface area contributed by atoms with Gasteiger partial charge in [-0.1, -0.05) is 24.6 Å². The summed E-state index contributed by atoms with van der Waals surface area (Å²) in [6.45, 7) is 6.79. The largest absolute Gasteiger partial charge is 0.493 e. The summed E-state index contributed by atoms with van der Waals surface area (Å²) in [6, 6.07) is 10.9. The lowest BCUT2D eigenvalue weighted by Crippen LogP contribution is -2.31. The van der Waals surface area contributed by atoms with Gasteiger partial charge >= 0.3 is 5.91 Å². The molecule has 5 rings (SSSR count). The zero-order valence-corrected chi connectivity index (χ0v) is 19.9. The summed E-state index contributed by atoms with van der Waals surface area (Å²) >= 11 is 0. The molecule has 9 heteroatoms. The van der Waals surface area contributed by atoms with Crippen molar-refractivity contribution in [2.45, 2.75) is 46.3 Å². The molecule has 35 heavy (non-hydrogen) atoms. The summed E-state index contributed by atoms with van der Waals surface area (Å²) in [5, 5.41) is 20.1. The lowest BCUT2D eigenvalue weighted by atomic mass is 10.1. The van der Waals surface area contributed by atoms with Crippen molar-refractivity contribution in [3.8, 4) is 5.88 Å². The number of rotatable bonds is 5. The van der Waals surface area contributed by atoms with Gasteiger partial charge in [0.1, 0.15) is 11.2 Å². The summed E-state index contributed by atoms with van der Waals surface area (Å²) in [6.07, 6.45) is 4.98. The van der Waals surface area contributed by atoms with Crippen LogP contribution in [0.1, 0.15) is 42.2 Å². The number of para-hydroxylation sites is 1. The Morgan fingerprint density at radius 1 is 1.09 bits per heavy atom. The van der Waals surface area contributed by atoms with Crippen LogP contribution in [0.3, 0.4) is 0 Å². The molecule has 1 aliphatic rings. The van der Waals surface area contributed by atoms with E-state index in [9.17, 15) is 14.7 Å². The van der Waals surface area contributed by atoms with Gasteiger partial charge in [0.2, 0.25) is 11.3 Å². The molecule has 180 valence electrons. The normalized spacial score (nSPS) is 14.9. The number of aromatic hydroxyl groups is 1. The second-order valence-electron chi connectivity index (χ2n) is 8.92. The van der Waals surface area contributed by atoms with Crippen LogP contribution in [0.2, 0.25) is 0 Å². The predicted molar refractivity (Wildman–Crippen MR) is 134 cm³/mol.